The van der Waals surface area contributed by atoms with Crippen molar-refractivity contribution in [1.82, 2.24) is 0 Å². The third-order valence-corrected chi connectivity index (χ3v) is 6.03. The summed E-state index contributed by atoms with van der Waals surface area (Å²) in [5.41, 5.74) is 3.43. The van der Waals surface area contributed by atoms with Crippen molar-refractivity contribution in [3.8, 4) is 5.75 Å². The Labute approximate surface area is 179 Å². The number of halogens is 1. The maximum Gasteiger partial charge on any atom is 0.155 e. The number of anilines is 2. The summed E-state index contributed by atoms with van der Waals surface area (Å²) in [6.07, 6.45) is 2.13. The predicted octanol–water partition coefficient (Wildman–Crippen LogP) is 5.93. The van der Waals surface area contributed by atoms with Crippen LogP contribution in [0.3, 0.4) is 0 Å². The normalized spacial score (nSPS) is 20.3. The number of para-hydroxylation sites is 1. The van der Waals surface area contributed by atoms with Gasteiger partial charge in [0.1, 0.15) is 11.8 Å². The average Bonchev–Trinajstić information content (AvgIpc) is 3.33. The van der Waals surface area contributed by atoms with Crippen molar-refractivity contribution in [2.75, 3.05) is 23.6 Å². The molecule has 3 aromatic rings. The molecule has 0 aliphatic carbocycles. The van der Waals surface area contributed by atoms with Crippen LogP contribution in [0.4, 0.5) is 11.4 Å². The van der Waals surface area contributed by atoms with Crippen molar-refractivity contribution in [3.05, 3.63) is 101 Å². The summed E-state index contributed by atoms with van der Waals surface area (Å²) in [6.45, 7) is 0.872. The van der Waals surface area contributed by atoms with Crippen LogP contribution in [0.1, 0.15) is 11.6 Å². The van der Waals surface area contributed by atoms with Crippen LogP contribution in [-0.2, 0) is 4.84 Å². The standard InChI is InChI=1S/C24H21BrN2O2/c1-28-21-13-7-17(8-14-21)24-22-15-26(19-11-9-18(25)10-12-19)16-23(22)29-27(24)20-5-3-2-4-6-20/h2-14,16,22,24H,15H2,1H3. The van der Waals surface area contributed by atoms with Crippen LogP contribution in [0.25, 0.3) is 0 Å². The van der Waals surface area contributed by atoms with Gasteiger partial charge in [-0.1, -0.05) is 46.3 Å². The maximum atomic E-state index is 6.38. The van der Waals surface area contributed by atoms with Crippen LogP contribution in [0.5, 0.6) is 5.75 Å². The quantitative estimate of drug-likeness (QED) is 0.493. The molecule has 0 aromatic heterocycles. The molecule has 0 radical (unpaired) electrons. The first-order valence-corrected chi connectivity index (χ1v) is 10.4. The van der Waals surface area contributed by atoms with Gasteiger partial charge >= 0.3 is 0 Å². The fourth-order valence-corrected chi connectivity index (χ4v) is 4.32. The highest BCUT2D eigenvalue weighted by Crippen LogP contribution is 2.48. The summed E-state index contributed by atoms with van der Waals surface area (Å²) in [7, 11) is 1.69. The number of methoxy groups -OCH3 is 1. The van der Waals surface area contributed by atoms with Gasteiger partial charge in [-0.3, -0.25) is 0 Å². The number of nitrogens with zero attached hydrogens (tertiary/aromatic N) is 2. The van der Waals surface area contributed by atoms with Crippen molar-refractivity contribution >= 4 is 27.3 Å². The number of hydrogen-bond donors (Lipinski definition) is 0. The number of hydrogen-bond acceptors (Lipinski definition) is 4. The van der Waals surface area contributed by atoms with Gasteiger partial charge in [0.2, 0.25) is 0 Å². The Kier molecular flexibility index (Phi) is 4.68. The van der Waals surface area contributed by atoms with E-state index in [2.05, 4.69) is 75.6 Å². The number of fused-ring (bicyclic) bond motifs is 1. The van der Waals surface area contributed by atoms with E-state index in [4.69, 9.17) is 9.57 Å². The Bertz CT molecular complexity index is 1020. The van der Waals surface area contributed by atoms with E-state index in [0.717, 1.165) is 28.2 Å². The SMILES string of the molecule is COc1ccc(C2C3CN(c4ccc(Br)cc4)C=C3ON2c2ccccc2)cc1. The van der Waals surface area contributed by atoms with Crippen LogP contribution >= 0.6 is 15.9 Å². The lowest BCUT2D eigenvalue weighted by atomic mass is 9.93. The molecule has 4 nitrogen and oxygen atoms in total. The summed E-state index contributed by atoms with van der Waals surface area (Å²) in [6, 6.07) is 27.1. The van der Waals surface area contributed by atoms with Crippen LogP contribution in [0.15, 0.2) is 95.3 Å². The number of benzene rings is 3. The van der Waals surface area contributed by atoms with Crippen molar-refractivity contribution in [1.29, 1.82) is 0 Å². The molecular weight excluding hydrogens is 428 g/mol. The van der Waals surface area contributed by atoms with Gasteiger partial charge in [0, 0.05) is 22.9 Å². The van der Waals surface area contributed by atoms with Gasteiger partial charge in [-0.25, -0.2) is 5.06 Å². The molecule has 146 valence electrons. The zero-order chi connectivity index (χ0) is 19.8. The predicted molar refractivity (Wildman–Crippen MR) is 119 cm³/mol. The minimum Gasteiger partial charge on any atom is -0.497 e. The Hall–Kier alpha value is -2.92. The molecular formula is C24H21BrN2O2. The summed E-state index contributed by atoms with van der Waals surface area (Å²) in [5.74, 6) is 2.10. The van der Waals surface area contributed by atoms with Crippen LogP contribution in [0.2, 0.25) is 0 Å². The molecule has 2 unspecified atom stereocenters. The molecule has 2 aliphatic rings. The summed E-state index contributed by atoms with van der Waals surface area (Å²) < 4.78 is 6.43. The van der Waals surface area contributed by atoms with E-state index in [-0.39, 0.29) is 12.0 Å². The first-order valence-electron chi connectivity index (χ1n) is 9.63. The second-order valence-corrected chi connectivity index (χ2v) is 8.15. The number of ether oxygens (including phenoxy) is 1. The van der Waals surface area contributed by atoms with E-state index in [1.807, 2.05) is 35.4 Å². The van der Waals surface area contributed by atoms with Gasteiger partial charge in [-0.15, -0.1) is 0 Å². The highest BCUT2D eigenvalue weighted by atomic mass is 79.9. The van der Waals surface area contributed by atoms with E-state index < -0.39 is 0 Å². The second-order valence-electron chi connectivity index (χ2n) is 7.24. The molecule has 29 heavy (non-hydrogen) atoms. The average molecular weight is 449 g/mol. The van der Waals surface area contributed by atoms with E-state index in [1.54, 1.807) is 7.11 Å². The first kappa shape index (κ1) is 18.1. The summed E-state index contributed by atoms with van der Waals surface area (Å²) in [5, 5.41) is 2.04. The Balaban J connectivity index is 1.51. The topological polar surface area (TPSA) is 24.9 Å². The van der Waals surface area contributed by atoms with Crippen LogP contribution in [-0.4, -0.2) is 13.7 Å². The molecule has 2 aliphatic heterocycles. The molecule has 1 saturated heterocycles. The lowest BCUT2D eigenvalue weighted by Gasteiger charge is -2.28. The van der Waals surface area contributed by atoms with Gasteiger partial charge in [-0.2, -0.15) is 0 Å². The van der Waals surface area contributed by atoms with E-state index in [0.29, 0.717) is 0 Å². The Morgan fingerprint density at radius 3 is 2.31 bits per heavy atom. The molecule has 2 heterocycles. The molecule has 0 saturated carbocycles. The van der Waals surface area contributed by atoms with Crippen molar-refractivity contribution in [2.24, 2.45) is 5.92 Å². The van der Waals surface area contributed by atoms with E-state index >= 15 is 0 Å². The number of hydroxylamine groups is 1. The lowest BCUT2D eigenvalue weighted by Crippen LogP contribution is -2.29. The monoisotopic (exact) mass is 448 g/mol. The highest BCUT2D eigenvalue weighted by molar-refractivity contribution is 9.10. The van der Waals surface area contributed by atoms with Crippen molar-refractivity contribution in [2.45, 2.75) is 6.04 Å². The molecule has 0 bridgehead atoms. The zero-order valence-corrected chi connectivity index (χ0v) is 17.6. The fraction of sp³-hybridized carbons (Fsp3) is 0.167. The first-order chi connectivity index (χ1) is 14.2. The molecule has 0 amide bonds. The maximum absolute atomic E-state index is 6.38. The second kappa shape index (κ2) is 7.48. The lowest BCUT2D eigenvalue weighted by molar-refractivity contribution is 0.213. The smallest absolute Gasteiger partial charge is 0.155 e. The fourth-order valence-electron chi connectivity index (χ4n) is 4.05. The van der Waals surface area contributed by atoms with E-state index in [1.165, 1.54) is 11.3 Å². The molecule has 1 fully saturated rings. The summed E-state index contributed by atoms with van der Waals surface area (Å²) >= 11 is 3.51. The van der Waals surface area contributed by atoms with Crippen molar-refractivity contribution < 1.29 is 9.57 Å². The molecule has 3 aromatic carbocycles. The minimum absolute atomic E-state index is 0.0926. The van der Waals surface area contributed by atoms with Crippen LogP contribution < -0.4 is 14.7 Å². The largest absolute Gasteiger partial charge is 0.497 e. The van der Waals surface area contributed by atoms with Gasteiger partial charge in [0.15, 0.2) is 5.76 Å². The van der Waals surface area contributed by atoms with Gasteiger partial charge in [-0.05, 0) is 54.1 Å². The van der Waals surface area contributed by atoms with E-state index in [9.17, 15) is 0 Å². The minimum atomic E-state index is 0.0926. The van der Waals surface area contributed by atoms with Crippen molar-refractivity contribution in [3.63, 3.8) is 0 Å². The Morgan fingerprint density at radius 1 is 0.897 bits per heavy atom. The molecule has 2 atom stereocenters. The third kappa shape index (κ3) is 3.36. The third-order valence-electron chi connectivity index (χ3n) is 5.51. The molecule has 5 rings (SSSR count). The van der Waals surface area contributed by atoms with Gasteiger partial charge < -0.3 is 14.5 Å². The van der Waals surface area contributed by atoms with Crippen LogP contribution in [0, 0.1) is 5.92 Å². The number of rotatable bonds is 4. The Morgan fingerprint density at radius 2 is 1.62 bits per heavy atom. The van der Waals surface area contributed by atoms with Gasteiger partial charge in [0.05, 0.1) is 18.7 Å². The highest BCUT2D eigenvalue weighted by Gasteiger charge is 2.46. The molecule has 5 heteroatoms. The van der Waals surface area contributed by atoms with Gasteiger partial charge in [0.25, 0.3) is 0 Å². The zero-order valence-electron chi connectivity index (χ0n) is 16.0. The molecule has 0 spiro atoms. The summed E-state index contributed by atoms with van der Waals surface area (Å²) in [4.78, 5) is 8.65. The molecule has 0 N–H and O–H groups in total.